The van der Waals surface area contributed by atoms with E-state index in [1.807, 2.05) is 60.7 Å². The van der Waals surface area contributed by atoms with Gasteiger partial charge in [0.05, 0.1) is 7.11 Å². The molecule has 0 amide bonds. The lowest BCUT2D eigenvalue weighted by Gasteiger charge is -2.27. The van der Waals surface area contributed by atoms with Gasteiger partial charge in [0.2, 0.25) is 0 Å². The van der Waals surface area contributed by atoms with Crippen molar-refractivity contribution in [1.29, 1.82) is 0 Å². The van der Waals surface area contributed by atoms with Crippen LogP contribution in [0.15, 0.2) is 72.3 Å². The molecule has 0 heterocycles. The molecule has 1 N–H and O–H groups in total. The van der Waals surface area contributed by atoms with Crippen LogP contribution < -0.4 is 0 Å². The van der Waals surface area contributed by atoms with Crippen LogP contribution in [-0.4, -0.2) is 18.2 Å². The minimum atomic E-state index is -1.38. The number of esters is 1. The van der Waals surface area contributed by atoms with Gasteiger partial charge >= 0.3 is 5.97 Å². The van der Waals surface area contributed by atoms with E-state index in [0.717, 1.165) is 12.8 Å². The lowest BCUT2D eigenvalue weighted by Crippen LogP contribution is -2.26. The van der Waals surface area contributed by atoms with Crippen molar-refractivity contribution < 1.29 is 14.6 Å². The van der Waals surface area contributed by atoms with Gasteiger partial charge in [0.25, 0.3) is 0 Å². The summed E-state index contributed by atoms with van der Waals surface area (Å²) in [6.07, 6.45) is 4.04. The number of methoxy groups -OCH3 is 1. The summed E-state index contributed by atoms with van der Waals surface area (Å²) in [5, 5.41) is 11.5. The smallest absolute Gasteiger partial charge is 0.333 e. The molecule has 0 radical (unpaired) electrons. The van der Waals surface area contributed by atoms with Crippen LogP contribution in [0.4, 0.5) is 0 Å². The third kappa shape index (κ3) is 4.12. The Balaban J connectivity index is 2.57. The molecule has 0 saturated heterocycles. The Hall–Kier alpha value is -2.39. The molecule has 2 rings (SSSR count). The summed E-state index contributed by atoms with van der Waals surface area (Å²) in [6, 6.07) is 18.7. The number of benzene rings is 2. The van der Waals surface area contributed by atoms with E-state index in [1.165, 1.54) is 7.11 Å². The summed E-state index contributed by atoms with van der Waals surface area (Å²) >= 11 is 0. The number of hydrogen-bond donors (Lipinski definition) is 1. The molecule has 3 heteroatoms. The van der Waals surface area contributed by atoms with Gasteiger partial charge < -0.3 is 9.84 Å². The molecule has 0 aromatic heterocycles. The molecule has 0 aliphatic carbocycles. The number of unbranched alkanes of at least 4 members (excludes halogenated alkanes) is 1. The lowest BCUT2D eigenvalue weighted by molar-refractivity contribution is -0.136. The monoisotopic (exact) mass is 324 g/mol. The van der Waals surface area contributed by atoms with Gasteiger partial charge in [0.1, 0.15) is 5.60 Å². The summed E-state index contributed by atoms with van der Waals surface area (Å²) in [5.41, 5.74) is 0.553. The maximum Gasteiger partial charge on any atom is 0.333 e. The van der Waals surface area contributed by atoms with Gasteiger partial charge in [-0.1, -0.05) is 74.0 Å². The molecule has 0 fully saturated rings. The molecular formula is C21H24O3. The van der Waals surface area contributed by atoms with Crippen molar-refractivity contribution in [3.63, 3.8) is 0 Å². The summed E-state index contributed by atoms with van der Waals surface area (Å²) in [7, 11) is 1.37. The van der Waals surface area contributed by atoms with Crippen molar-refractivity contribution in [2.24, 2.45) is 0 Å². The molecule has 0 spiro atoms. The normalized spacial score (nSPS) is 12.0. The second-order valence-electron chi connectivity index (χ2n) is 5.76. The molecule has 2 aromatic rings. The zero-order chi connectivity index (χ0) is 17.4. The van der Waals surface area contributed by atoms with Crippen LogP contribution in [0.25, 0.3) is 0 Å². The van der Waals surface area contributed by atoms with Gasteiger partial charge in [-0.25, -0.2) is 4.79 Å². The predicted molar refractivity (Wildman–Crippen MR) is 95.5 cm³/mol. The molecule has 0 aliphatic rings. The third-order valence-electron chi connectivity index (χ3n) is 4.06. The van der Waals surface area contributed by atoms with E-state index in [-0.39, 0.29) is 0 Å². The molecule has 0 saturated carbocycles. The van der Waals surface area contributed by atoms with E-state index >= 15 is 0 Å². The first kappa shape index (κ1) is 18.0. The Labute approximate surface area is 143 Å². The SMILES string of the molecule is CCCC/C(=C\C(O)(c1ccccc1)c1ccccc1)C(=O)OC. The van der Waals surface area contributed by atoms with Crippen LogP contribution in [0, 0.1) is 0 Å². The Kier molecular flexibility index (Phi) is 6.33. The lowest BCUT2D eigenvalue weighted by atomic mass is 9.84. The molecule has 24 heavy (non-hydrogen) atoms. The number of carbonyl (C=O) groups is 1. The van der Waals surface area contributed by atoms with Gasteiger partial charge in [-0.05, 0) is 30.0 Å². The highest BCUT2D eigenvalue weighted by Gasteiger charge is 2.30. The Morgan fingerprint density at radius 1 is 1.04 bits per heavy atom. The maximum absolute atomic E-state index is 12.2. The highest BCUT2D eigenvalue weighted by atomic mass is 16.5. The van der Waals surface area contributed by atoms with E-state index < -0.39 is 11.6 Å². The van der Waals surface area contributed by atoms with Crippen LogP contribution in [0.3, 0.4) is 0 Å². The van der Waals surface area contributed by atoms with Crippen molar-refractivity contribution in [1.82, 2.24) is 0 Å². The van der Waals surface area contributed by atoms with Crippen LogP contribution in [0.1, 0.15) is 37.3 Å². The van der Waals surface area contributed by atoms with Crippen molar-refractivity contribution in [2.75, 3.05) is 7.11 Å². The van der Waals surface area contributed by atoms with Crippen LogP contribution >= 0.6 is 0 Å². The minimum absolute atomic E-state index is 0.395. The summed E-state index contributed by atoms with van der Waals surface area (Å²) < 4.78 is 4.91. The van der Waals surface area contributed by atoms with Crippen LogP contribution in [0.2, 0.25) is 0 Å². The zero-order valence-corrected chi connectivity index (χ0v) is 14.2. The standard InChI is InChI=1S/C21H24O3/c1-3-4-11-17(20(22)24-2)16-21(23,18-12-7-5-8-13-18)19-14-9-6-10-15-19/h5-10,12-16,23H,3-4,11H2,1-2H3/b17-16+. The Bertz CT molecular complexity index is 635. The van der Waals surface area contributed by atoms with Gasteiger partial charge in [-0.3, -0.25) is 0 Å². The summed E-state index contributed by atoms with van der Waals surface area (Å²) in [4.78, 5) is 12.2. The molecule has 126 valence electrons. The number of ether oxygens (including phenoxy) is 1. The highest BCUT2D eigenvalue weighted by molar-refractivity contribution is 5.88. The third-order valence-corrected chi connectivity index (χ3v) is 4.06. The Morgan fingerprint density at radius 2 is 1.54 bits per heavy atom. The highest BCUT2D eigenvalue weighted by Crippen LogP contribution is 2.33. The van der Waals surface area contributed by atoms with Gasteiger partial charge in [-0.2, -0.15) is 0 Å². The van der Waals surface area contributed by atoms with Gasteiger partial charge in [0, 0.05) is 5.57 Å². The molecule has 0 unspecified atom stereocenters. The fourth-order valence-corrected chi connectivity index (χ4v) is 2.70. The fourth-order valence-electron chi connectivity index (χ4n) is 2.70. The van der Waals surface area contributed by atoms with E-state index in [1.54, 1.807) is 6.08 Å². The summed E-state index contributed by atoms with van der Waals surface area (Å²) in [6.45, 7) is 2.06. The number of aliphatic hydroxyl groups is 1. The predicted octanol–water partition coefficient (Wildman–Crippen LogP) is 4.21. The second-order valence-corrected chi connectivity index (χ2v) is 5.76. The van der Waals surface area contributed by atoms with Gasteiger partial charge in [-0.15, -0.1) is 0 Å². The van der Waals surface area contributed by atoms with Crippen molar-refractivity contribution in [3.05, 3.63) is 83.4 Å². The van der Waals surface area contributed by atoms with Crippen LogP contribution in [-0.2, 0) is 15.1 Å². The quantitative estimate of drug-likeness (QED) is 0.613. The van der Waals surface area contributed by atoms with Gasteiger partial charge in [0.15, 0.2) is 0 Å². The van der Waals surface area contributed by atoms with Crippen molar-refractivity contribution in [3.8, 4) is 0 Å². The molecule has 3 nitrogen and oxygen atoms in total. The molecular weight excluding hydrogens is 300 g/mol. The Morgan fingerprint density at radius 3 is 1.96 bits per heavy atom. The number of carbonyl (C=O) groups excluding carboxylic acids is 1. The van der Waals surface area contributed by atoms with E-state index in [0.29, 0.717) is 23.1 Å². The number of rotatable bonds is 7. The van der Waals surface area contributed by atoms with E-state index in [2.05, 4.69) is 6.92 Å². The second kappa shape index (κ2) is 8.46. The first-order chi connectivity index (χ1) is 11.6. The average molecular weight is 324 g/mol. The largest absolute Gasteiger partial charge is 0.466 e. The first-order valence-electron chi connectivity index (χ1n) is 8.25. The fraction of sp³-hybridized carbons (Fsp3) is 0.286. The van der Waals surface area contributed by atoms with Crippen molar-refractivity contribution in [2.45, 2.75) is 31.8 Å². The number of hydrogen-bond acceptors (Lipinski definition) is 3. The zero-order valence-electron chi connectivity index (χ0n) is 14.2. The van der Waals surface area contributed by atoms with Crippen LogP contribution in [0.5, 0.6) is 0 Å². The summed E-state index contributed by atoms with van der Waals surface area (Å²) in [5.74, 6) is -0.395. The van der Waals surface area contributed by atoms with Crippen molar-refractivity contribution >= 4 is 5.97 Å². The molecule has 2 aromatic carbocycles. The average Bonchev–Trinajstić information content (AvgIpc) is 2.65. The molecule has 0 aliphatic heterocycles. The van der Waals surface area contributed by atoms with E-state index in [4.69, 9.17) is 4.74 Å². The topological polar surface area (TPSA) is 46.5 Å². The maximum atomic E-state index is 12.2. The molecule has 0 bridgehead atoms. The first-order valence-corrected chi connectivity index (χ1v) is 8.25. The minimum Gasteiger partial charge on any atom is -0.466 e. The van der Waals surface area contributed by atoms with E-state index in [9.17, 15) is 9.90 Å². The molecule has 0 atom stereocenters.